The van der Waals surface area contributed by atoms with Gasteiger partial charge in [-0.25, -0.2) is 4.98 Å². The number of nitrogen functional groups attached to an aromatic ring is 1. The van der Waals surface area contributed by atoms with Crippen LogP contribution in [0.15, 0.2) is 18.2 Å². The number of anilines is 2. The first-order valence-corrected chi connectivity index (χ1v) is 6.93. The summed E-state index contributed by atoms with van der Waals surface area (Å²) in [5, 5.41) is 14.1. The van der Waals surface area contributed by atoms with Gasteiger partial charge in [0.05, 0.1) is 15.8 Å². The Morgan fingerprint density at radius 3 is 3.05 bits per heavy atom. The molecule has 2 rings (SSSR count). The molecule has 1 unspecified atom stereocenters. The van der Waals surface area contributed by atoms with Crippen molar-refractivity contribution in [3.05, 3.63) is 18.2 Å². The minimum atomic E-state index is -0.813. The summed E-state index contributed by atoms with van der Waals surface area (Å²) < 4.78 is 6.02. The number of thiazole rings is 1. The normalized spacial score (nSPS) is 14.5. The van der Waals surface area contributed by atoms with E-state index in [1.54, 1.807) is 14.0 Å². The first-order chi connectivity index (χ1) is 9.00. The monoisotopic (exact) mass is 281 g/mol. The summed E-state index contributed by atoms with van der Waals surface area (Å²) in [7, 11) is 1.63. The van der Waals surface area contributed by atoms with E-state index < -0.39 is 5.60 Å². The zero-order valence-corrected chi connectivity index (χ0v) is 12.0. The number of nitrogens with zero attached hydrogens (tertiary/aromatic N) is 1. The van der Waals surface area contributed by atoms with E-state index in [4.69, 9.17) is 10.5 Å². The van der Waals surface area contributed by atoms with Crippen LogP contribution in [0, 0.1) is 0 Å². The van der Waals surface area contributed by atoms with Gasteiger partial charge in [-0.2, -0.15) is 0 Å². The number of ether oxygens (including phenoxy) is 1. The minimum Gasteiger partial charge on any atom is -0.399 e. The number of hydrogen-bond donors (Lipinski definition) is 3. The molecular weight excluding hydrogens is 262 g/mol. The van der Waals surface area contributed by atoms with Crippen LogP contribution in [0.5, 0.6) is 0 Å². The van der Waals surface area contributed by atoms with E-state index in [9.17, 15) is 5.11 Å². The second-order valence-electron chi connectivity index (χ2n) is 4.84. The van der Waals surface area contributed by atoms with Gasteiger partial charge in [-0.1, -0.05) is 11.3 Å². The third-order valence-corrected chi connectivity index (χ3v) is 3.85. The van der Waals surface area contributed by atoms with Crippen molar-refractivity contribution in [1.29, 1.82) is 0 Å². The number of aliphatic hydroxyl groups is 1. The van der Waals surface area contributed by atoms with Gasteiger partial charge in [-0.15, -0.1) is 0 Å². The van der Waals surface area contributed by atoms with Crippen molar-refractivity contribution in [1.82, 2.24) is 4.98 Å². The first-order valence-electron chi connectivity index (χ1n) is 6.11. The molecule has 0 radical (unpaired) electrons. The molecule has 104 valence electrons. The summed E-state index contributed by atoms with van der Waals surface area (Å²) in [5.74, 6) is 0. The molecule has 0 spiro atoms. The van der Waals surface area contributed by atoms with Crippen molar-refractivity contribution in [2.75, 3.05) is 31.3 Å². The Kier molecular flexibility index (Phi) is 4.24. The number of rotatable bonds is 6. The zero-order valence-electron chi connectivity index (χ0n) is 11.1. The molecule has 1 aromatic heterocycles. The van der Waals surface area contributed by atoms with Gasteiger partial charge in [0.2, 0.25) is 0 Å². The Morgan fingerprint density at radius 1 is 1.53 bits per heavy atom. The van der Waals surface area contributed by atoms with Crippen molar-refractivity contribution in [3.63, 3.8) is 0 Å². The second kappa shape index (κ2) is 5.73. The maximum atomic E-state index is 10.1. The minimum absolute atomic E-state index is 0.436. The SMILES string of the molecule is COCCC(C)(O)CNc1nc2ccc(N)cc2s1. The van der Waals surface area contributed by atoms with Crippen LogP contribution in [0.25, 0.3) is 10.2 Å². The topological polar surface area (TPSA) is 80.4 Å². The molecule has 5 nitrogen and oxygen atoms in total. The molecule has 0 saturated carbocycles. The van der Waals surface area contributed by atoms with E-state index in [1.807, 2.05) is 18.2 Å². The molecule has 0 aliphatic carbocycles. The zero-order chi connectivity index (χ0) is 13.9. The average molecular weight is 281 g/mol. The Balaban J connectivity index is 2.01. The summed E-state index contributed by atoms with van der Waals surface area (Å²) >= 11 is 1.53. The molecule has 19 heavy (non-hydrogen) atoms. The molecular formula is C13H19N3O2S. The average Bonchev–Trinajstić information content (AvgIpc) is 2.76. The van der Waals surface area contributed by atoms with Crippen molar-refractivity contribution in [2.24, 2.45) is 0 Å². The largest absolute Gasteiger partial charge is 0.399 e. The van der Waals surface area contributed by atoms with E-state index in [1.165, 1.54) is 11.3 Å². The fourth-order valence-electron chi connectivity index (χ4n) is 1.69. The van der Waals surface area contributed by atoms with Crippen molar-refractivity contribution in [3.8, 4) is 0 Å². The predicted molar refractivity (Wildman–Crippen MR) is 79.6 cm³/mol. The van der Waals surface area contributed by atoms with Crippen molar-refractivity contribution >= 4 is 32.4 Å². The first kappa shape index (κ1) is 14.0. The number of aromatic nitrogens is 1. The number of nitrogens with two attached hydrogens (primary N) is 1. The highest BCUT2D eigenvalue weighted by Crippen LogP contribution is 2.27. The summed E-state index contributed by atoms with van der Waals surface area (Å²) in [4.78, 5) is 4.45. The Labute approximate surface area is 116 Å². The van der Waals surface area contributed by atoms with Gasteiger partial charge < -0.3 is 20.9 Å². The standard InChI is InChI=1S/C13H19N3O2S/c1-13(17,5-6-18-2)8-15-12-16-10-4-3-9(14)7-11(10)19-12/h3-4,7,17H,5-6,8,14H2,1-2H3,(H,15,16). The molecule has 0 fully saturated rings. The van der Waals surface area contributed by atoms with Crippen LogP contribution < -0.4 is 11.1 Å². The summed E-state index contributed by atoms with van der Waals surface area (Å²) in [5.41, 5.74) is 6.57. The van der Waals surface area contributed by atoms with E-state index in [2.05, 4.69) is 10.3 Å². The van der Waals surface area contributed by atoms with Crippen LogP contribution in [0.3, 0.4) is 0 Å². The molecule has 2 aromatic rings. The number of hydrogen-bond acceptors (Lipinski definition) is 6. The fourth-order valence-corrected chi connectivity index (χ4v) is 2.60. The molecule has 6 heteroatoms. The lowest BCUT2D eigenvalue weighted by molar-refractivity contribution is 0.0357. The van der Waals surface area contributed by atoms with Gasteiger partial charge >= 0.3 is 0 Å². The second-order valence-corrected chi connectivity index (χ2v) is 5.87. The summed E-state index contributed by atoms with van der Waals surface area (Å²) in [6.45, 7) is 2.75. The van der Waals surface area contributed by atoms with E-state index in [0.29, 0.717) is 19.6 Å². The van der Waals surface area contributed by atoms with Crippen molar-refractivity contribution in [2.45, 2.75) is 18.9 Å². The van der Waals surface area contributed by atoms with E-state index in [0.717, 1.165) is 21.0 Å². The fraction of sp³-hybridized carbons (Fsp3) is 0.462. The van der Waals surface area contributed by atoms with Crippen LogP contribution in [0.1, 0.15) is 13.3 Å². The molecule has 0 saturated heterocycles. The highest BCUT2D eigenvalue weighted by molar-refractivity contribution is 7.22. The smallest absolute Gasteiger partial charge is 0.183 e. The van der Waals surface area contributed by atoms with Crippen LogP contribution in [0.4, 0.5) is 10.8 Å². The van der Waals surface area contributed by atoms with Gasteiger partial charge in [0.15, 0.2) is 5.13 Å². The predicted octanol–water partition coefficient (Wildman–Crippen LogP) is 2.08. The van der Waals surface area contributed by atoms with Crippen LogP contribution in [-0.4, -0.2) is 36.0 Å². The third kappa shape index (κ3) is 3.79. The lowest BCUT2D eigenvalue weighted by atomic mass is 10.0. The molecule has 1 atom stereocenters. The number of fused-ring (bicyclic) bond motifs is 1. The van der Waals surface area contributed by atoms with E-state index in [-0.39, 0.29) is 0 Å². The molecule has 0 aliphatic rings. The van der Waals surface area contributed by atoms with E-state index >= 15 is 0 Å². The summed E-state index contributed by atoms with van der Waals surface area (Å²) in [6, 6.07) is 5.64. The quantitative estimate of drug-likeness (QED) is 0.706. The third-order valence-electron chi connectivity index (χ3n) is 2.88. The molecule has 4 N–H and O–H groups in total. The van der Waals surface area contributed by atoms with Gasteiger partial charge in [-0.05, 0) is 25.1 Å². The highest BCUT2D eigenvalue weighted by Gasteiger charge is 2.20. The molecule has 0 bridgehead atoms. The van der Waals surface area contributed by atoms with Gasteiger partial charge in [0, 0.05) is 32.4 Å². The summed E-state index contributed by atoms with van der Waals surface area (Å²) in [6.07, 6.45) is 0.578. The number of methoxy groups -OCH3 is 1. The number of nitrogens with one attached hydrogen (secondary N) is 1. The Bertz CT molecular complexity index is 554. The molecule has 1 aromatic carbocycles. The van der Waals surface area contributed by atoms with Crippen LogP contribution in [0.2, 0.25) is 0 Å². The molecule has 0 amide bonds. The Hall–Kier alpha value is -1.37. The van der Waals surface area contributed by atoms with Crippen LogP contribution >= 0.6 is 11.3 Å². The van der Waals surface area contributed by atoms with Gasteiger partial charge in [0.25, 0.3) is 0 Å². The molecule has 1 heterocycles. The Morgan fingerprint density at radius 2 is 2.32 bits per heavy atom. The maximum absolute atomic E-state index is 10.1. The highest BCUT2D eigenvalue weighted by atomic mass is 32.1. The van der Waals surface area contributed by atoms with Crippen molar-refractivity contribution < 1.29 is 9.84 Å². The number of benzene rings is 1. The lowest BCUT2D eigenvalue weighted by Gasteiger charge is -2.22. The van der Waals surface area contributed by atoms with Gasteiger partial charge in [0.1, 0.15) is 0 Å². The maximum Gasteiger partial charge on any atom is 0.183 e. The lowest BCUT2D eigenvalue weighted by Crippen LogP contribution is -2.34. The van der Waals surface area contributed by atoms with Gasteiger partial charge in [-0.3, -0.25) is 0 Å². The van der Waals surface area contributed by atoms with Crippen LogP contribution in [-0.2, 0) is 4.74 Å². The molecule has 0 aliphatic heterocycles.